The van der Waals surface area contributed by atoms with Gasteiger partial charge in [0.2, 0.25) is 0 Å². The van der Waals surface area contributed by atoms with E-state index in [0.717, 1.165) is 47.8 Å². The van der Waals surface area contributed by atoms with Crippen molar-refractivity contribution >= 4 is 11.0 Å². The minimum absolute atomic E-state index is 0.183. The SMILES string of the molecule is C[C@@H]1C2C[C@@H](CN3CCC(n4c([C@@H]5CCCNC5)nc5cc(F)ccc54)CC3)[C@H]2C1(C)C. The fraction of sp³-hybridized carbons (Fsp3) is 0.741. The van der Waals surface area contributed by atoms with Crippen LogP contribution in [-0.4, -0.2) is 47.2 Å². The van der Waals surface area contributed by atoms with Crippen LogP contribution in [0.2, 0.25) is 0 Å². The van der Waals surface area contributed by atoms with E-state index in [9.17, 15) is 4.39 Å². The molecule has 2 saturated heterocycles. The topological polar surface area (TPSA) is 33.1 Å². The monoisotopic (exact) mass is 438 g/mol. The van der Waals surface area contributed by atoms with Gasteiger partial charge in [-0.25, -0.2) is 9.37 Å². The fourth-order valence-electron chi connectivity index (χ4n) is 7.92. The lowest BCUT2D eigenvalue weighted by atomic mass is 9.37. The molecule has 32 heavy (non-hydrogen) atoms. The Morgan fingerprint density at radius 1 is 1.19 bits per heavy atom. The molecule has 174 valence electrons. The van der Waals surface area contributed by atoms with Gasteiger partial charge >= 0.3 is 0 Å². The molecule has 1 N–H and O–H groups in total. The van der Waals surface area contributed by atoms with Crippen LogP contribution in [0.4, 0.5) is 4.39 Å². The second-order valence-electron chi connectivity index (χ2n) is 11.8. The van der Waals surface area contributed by atoms with Crippen molar-refractivity contribution in [3.8, 4) is 0 Å². The highest BCUT2D eigenvalue weighted by molar-refractivity contribution is 5.76. The maximum atomic E-state index is 13.9. The second-order valence-corrected chi connectivity index (χ2v) is 11.8. The predicted octanol–water partition coefficient (Wildman–Crippen LogP) is 5.21. The van der Waals surface area contributed by atoms with E-state index in [2.05, 4.69) is 35.6 Å². The van der Waals surface area contributed by atoms with Crippen LogP contribution < -0.4 is 5.32 Å². The van der Waals surface area contributed by atoms with E-state index >= 15 is 0 Å². The lowest BCUT2D eigenvalue weighted by molar-refractivity contribution is -0.205. The summed E-state index contributed by atoms with van der Waals surface area (Å²) in [6.45, 7) is 13.2. The van der Waals surface area contributed by atoms with Gasteiger partial charge in [-0.1, -0.05) is 20.8 Å². The van der Waals surface area contributed by atoms with Gasteiger partial charge in [-0.15, -0.1) is 0 Å². The van der Waals surface area contributed by atoms with Gasteiger partial charge in [0, 0.05) is 44.2 Å². The molecule has 4 fully saturated rings. The number of benzene rings is 1. The van der Waals surface area contributed by atoms with Crippen molar-refractivity contribution in [2.75, 3.05) is 32.7 Å². The van der Waals surface area contributed by atoms with Crippen LogP contribution in [0.3, 0.4) is 0 Å². The summed E-state index contributed by atoms with van der Waals surface area (Å²) in [7, 11) is 0. The molecular formula is C27H39FN4. The van der Waals surface area contributed by atoms with Crippen LogP contribution in [-0.2, 0) is 0 Å². The summed E-state index contributed by atoms with van der Waals surface area (Å²) < 4.78 is 16.4. The first-order chi connectivity index (χ1) is 15.4. The molecule has 1 aromatic heterocycles. The Morgan fingerprint density at radius 2 is 2.00 bits per heavy atom. The van der Waals surface area contributed by atoms with Crippen LogP contribution in [0.25, 0.3) is 11.0 Å². The third-order valence-electron chi connectivity index (χ3n) is 9.97. The van der Waals surface area contributed by atoms with E-state index in [1.54, 1.807) is 12.1 Å². The maximum Gasteiger partial charge on any atom is 0.125 e. The minimum Gasteiger partial charge on any atom is -0.324 e. The summed E-state index contributed by atoms with van der Waals surface area (Å²) in [4.78, 5) is 7.71. The Bertz CT molecular complexity index is 983. The number of likely N-dealkylation sites (tertiary alicyclic amines) is 1. The molecule has 4 aliphatic rings. The summed E-state index contributed by atoms with van der Waals surface area (Å²) in [5, 5.41) is 3.55. The van der Waals surface area contributed by atoms with Crippen LogP contribution in [0, 0.1) is 34.9 Å². The van der Waals surface area contributed by atoms with Gasteiger partial charge in [0.05, 0.1) is 11.0 Å². The van der Waals surface area contributed by atoms with Crippen molar-refractivity contribution in [3.63, 3.8) is 0 Å². The Hall–Kier alpha value is -1.46. The zero-order valence-electron chi connectivity index (χ0n) is 20.0. The first-order valence-corrected chi connectivity index (χ1v) is 13.0. The van der Waals surface area contributed by atoms with Crippen LogP contribution >= 0.6 is 0 Å². The molecule has 1 aromatic carbocycles. The molecule has 2 saturated carbocycles. The smallest absolute Gasteiger partial charge is 0.125 e. The summed E-state index contributed by atoms with van der Waals surface area (Å²) in [5.74, 6) is 5.20. The van der Waals surface area contributed by atoms with Gasteiger partial charge in [-0.2, -0.15) is 0 Å². The molecule has 1 unspecified atom stereocenters. The number of fused-ring (bicyclic) bond motifs is 2. The summed E-state index contributed by atoms with van der Waals surface area (Å²) in [6.07, 6.45) is 6.17. The lowest BCUT2D eigenvalue weighted by Crippen LogP contribution is -2.64. The highest BCUT2D eigenvalue weighted by Gasteiger charge is 2.62. The quantitative estimate of drug-likeness (QED) is 0.712. The number of rotatable bonds is 4. The molecule has 2 aliphatic carbocycles. The molecule has 0 spiro atoms. The van der Waals surface area contributed by atoms with Crippen LogP contribution in [0.5, 0.6) is 0 Å². The third kappa shape index (κ3) is 3.26. The number of piperidine rings is 2. The number of halogens is 1. The summed E-state index contributed by atoms with van der Waals surface area (Å²) in [5.41, 5.74) is 2.49. The molecule has 6 rings (SSSR count). The number of nitrogens with one attached hydrogen (secondary N) is 1. The Kier molecular flexibility index (Phi) is 5.14. The number of imidazole rings is 1. The predicted molar refractivity (Wildman–Crippen MR) is 127 cm³/mol. The molecule has 3 heterocycles. The van der Waals surface area contributed by atoms with Crippen molar-refractivity contribution in [1.82, 2.24) is 19.8 Å². The van der Waals surface area contributed by atoms with Crippen molar-refractivity contribution in [3.05, 3.63) is 29.8 Å². The fourth-order valence-corrected chi connectivity index (χ4v) is 7.92. The highest BCUT2D eigenvalue weighted by Crippen LogP contribution is 2.68. The Balaban J connectivity index is 1.17. The second kappa shape index (κ2) is 7.80. The van der Waals surface area contributed by atoms with E-state index in [-0.39, 0.29) is 5.82 Å². The molecule has 0 amide bonds. The van der Waals surface area contributed by atoms with Gasteiger partial charge in [0.15, 0.2) is 0 Å². The third-order valence-corrected chi connectivity index (χ3v) is 9.97. The zero-order valence-corrected chi connectivity index (χ0v) is 20.0. The first-order valence-electron chi connectivity index (χ1n) is 13.0. The lowest BCUT2D eigenvalue weighted by Gasteiger charge is -2.69. The van der Waals surface area contributed by atoms with E-state index in [4.69, 9.17) is 4.98 Å². The molecule has 0 radical (unpaired) electrons. The largest absolute Gasteiger partial charge is 0.324 e. The van der Waals surface area contributed by atoms with Gasteiger partial charge in [-0.3, -0.25) is 0 Å². The van der Waals surface area contributed by atoms with E-state index in [1.807, 2.05) is 6.07 Å². The van der Waals surface area contributed by atoms with Crippen molar-refractivity contribution < 1.29 is 4.39 Å². The maximum absolute atomic E-state index is 13.9. The Labute approximate surface area is 192 Å². The molecule has 4 nitrogen and oxygen atoms in total. The number of nitrogens with zero attached hydrogens (tertiary/aromatic N) is 3. The minimum atomic E-state index is -0.183. The number of hydrogen-bond donors (Lipinski definition) is 1. The van der Waals surface area contributed by atoms with Crippen molar-refractivity contribution in [2.24, 2.45) is 29.1 Å². The molecular weight excluding hydrogens is 399 g/mol. The van der Waals surface area contributed by atoms with Crippen LogP contribution in [0.1, 0.15) is 70.7 Å². The summed E-state index contributed by atoms with van der Waals surface area (Å²) in [6, 6.07) is 5.66. The first kappa shape index (κ1) is 21.1. The number of aromatic nitrogens is 2. The average molecular weight is 439 g/mol. The molecule has 0 bridgehead atoms. The normalized spacial score (nSPS) is 35.3. The van der Waals surface area contributed by atoms with Gasteiger partial charge in [-0.05, 0) is 79.9 Å². The van der Waals surface area contributed by atoms with E-state index in [0.29, 0.717) is 17.4 Å². The molecule has 2 aromatic rings. The average Bonchev–Trinajstić information content (AvgIpc) is 3.15. The van der Waals surface area contributed by atoms with Gasteiger partial charge in [0.25, 0.3) is 0 Å². The van der Waals surface area contributed by atoms with Gasteiger partial charge < -0.3 is 14.8 Å². The standard InChI is InChI=1S/C27H39FN4/c1-17-22-13-19(25(22)27(17,2)3)16-31-11-8-21(9-12-31)32-24-7-6-20(28)14-23(24)30-26(32)18-5-4-10-29-15-18/h6-7,14,17-19,21-22,25,29H,4-5,8-13,15-16H2,1-3H3/t17-,18-,19+,22?,25-/m1/s1. The number of hydrogen-bond acceptors (Lipinski definition) is 3. The zero-order chi connectivity index (χ0) is 22.0. The van der Waals surface area contributed by atoms with Crippen LogP contribution in [0.15, 0.2) is 18.2 Å². The van der Waals surface area contributed by atoms with Gasteiger partial charge in [0.1, 0.15) is 11.6 Å². The van der Waals surface area contributed by atoms with E-state index in [1.165, 1.54) is 57.6 Å². The Morgan fingerprint density at radius 3 is 2.72 bits per heavy atom. The van der Waals surface area contributed by atoms with Crippen molar-refractivity contribution in [1.29, 1.82) is 0 Å². The van der Waals surface area contributed by atoms with E-state index < -0.39 is 0 Å². The highest BCUT2D eigenvalue weighted by atomic mass is 19.1. The van der Waals surface area contributed by atoms with Crippen molar-refractivity contribution in [2.45, 2.75) is 64.8 Å². The molecule has 5 atom stereocenters. The molecule has 5 heteroatoms. The summed E-state index contributed by atoms with van der Waals surface area (Å²) >= 11 is 0. The molecule has 2 aliphatic heterocycles.